The highest BCUT2D eigenvalue weighted by atomic mass is 35.5. The molecule has 82 valence electrons. The SMILES string of the molecule is Cc1cc(C)c(C(N)N)cc1C.Cl.Cl. The predicted molar refractivity (Wildman–Crippen MR) is 66.3 cm³/mol. The maximum atomic E-state index is 5.61. The smallest absolute Gasteiger partial charge is 0.0787 e. The van der Waals surface area contributed by atoms with Gasteiger partial charge in [0.2, 0.25) is 0 Å². The summed E-state index contributed by atoms with van der Waals surface area (Å²) in [5.41, 5.74) is 16.0. The molecule has 0 heterocycles. The summed E-state index contributed by atoms with van der Waals surface area (Å²) in [4.78, 5) is 0. The minimum absolute atomic E-state index is 0. The normalized spacial score (nSPS) is 9.29. The average Bonchev–Trinajstić information content (AvgIpc) is 1.96. The van der Waals surface area contributed by atoms with Gasteiger partial charge >= 0.3 is 0 Å². The molecule has 0 atom stereocenters. The number of aryl methyl sites for hydroxylation is 3. The topological polar surface area (TPSA) is 52.0 Å². The van der Waals surface area contributed by atoms with Crippen LogP contribution in [0.1, 0.15) is 28.4 Å². The Labute approximate surface area is 97.9 Å². The fourth-order valence-electron chi connectivity index (χ4n) is 1.34. The third-order valence-corrected chi connectivity index (χ3v) is 2.24. The molecule has 14 heavy (non-hydrogen) atoms. The van der Waals surface area contributed by atoms with E-state index in [1.54, 1.807) is 0 Å². The molecule has 4 N–H and O–H groups in total. The van der Waals surface area contributed by atoms with E-state index < -0.39 is 0 Å². The summed E-state index contributed by atoms with van der Waals surface area (Å²) in [7, 11) is 0. The average molecular weight is 237 g/mol. The van der Waals surface area contributed by atoms with Crippen molar-refractivity contribution < 1.29 is 0 Å². The fourth-order valence-corrected chi connectivity index (χ4v) is 1.34. The highest BCUT2D eigenvalue weighted by Gasteiger charge is 2.05. The molecule has 0 bridgehead atoms. The Bertz CT molecular complexity index is 298. The van der Waals surface area contributed by atoms with Gasteiger partial charge in [0.25, 0.3) is 0 Å². The van der Waals surface area contributed by atoms with Crippen LogP contribution in [-0.2, 0) is 0 Å². The number of halogens is 2. The van der Waals surface area contributed by atoms with Gasteiger partial charge in [0.15, 0.2) is 0 Å². The number of hydrogen-bond donors (Lipinski definition) is 2. The van der Waals surface area contributed by atoms with Gasteiger partial charge in [0, 0.05) is 0 Å². The highest BCUT2D eigenvalue weighted by Crippen LogP contribution is 2.17. The van der Waals surface area contributed by atoms with E-state index in [2.05, 4.69) is 26.0 Å². The molecule has 1 aromatic rings. The molecule has 0 unspecified atom stereocenters. The van der Waals surface area contributed by atoms with Crippen molar-refractivity contribution in [1.29, 1.82) is 0 Å². The van der Waals surface area contributed by atoms with Crippen LogP contribution in [-0.4, -0.2) is 0 Å². The van der Waals surface area contributed by atoms with Crippen LogP contribution in [0, 0.1) is 20.8 Å². The first kappa shape index (κ1) is 16.2. The summed E-state index contributed by atoms with van der Waals surface area (Å²) in [5, 5.41) is 0. The van der Waals surface area contributed by atoms with Gasteiger partial charge in [-0.3, -0.25) is 0 Å². The molecule has 0 radical (unpaired) electrons. The first-order valence-corrected chi connectivity index (χ1v) is 4.11. The zero-order valence-electron chi connectivity index (χ0n) is 8.70. The van der Waals surface area contributed by atoms with E-state index in [1.807, 2.05) is 6.92 Å². The summed E-state index contributed by atoms with van der Waals surface area (Å²) in [5.74, 6) is 0. The van der Waals surface area contributed by atoms with E-state index >= 15 is 0 Å². The minimum atomic E-state index is -0.357. The van der Waals surface area contributed by atoms with Crippen LogP contribution in [0.4, 0.5) is 0 Å². The van der Waals surface area contributed by atoms with Crippen molar-refractivity contribution in [2.75, 3.05) is 0 Å². The van der Waals surface area contributed by atoms with Crippen molar-refractivity contribution in [3.05, 3.63) is 34.4 Å². The molecule has 0 aromatic heterocycles. The number of benzene rings is 1. The molecule has 0 aliphatic rings. The van der Waals surface area contributed by atoms with Crippen LogP contribution >= 0.6 is 24.8 Å². The Kier molecular flexibility index (Phi) is 7.21. The van der Waals surface area contributed by atoms with Gasteiger partial charge in [-0.1, -0.05) is 12.1 Å². The highest BCUT2D eigenvalue weighted by molar-refractivity contribution is 5.85. The van der Waals surface area contributed by atoms with Crippen LogP contribution in [0.2, 0.25) is 0 Å². The monoisotopic (exact) mass is 236 g/mol. The van der Waals surface area contributed by atoms with Gasteiger partial charge in [0.05, 0.1) is 6.17 Å². The molecule has 2 nitrogen and oxygen atoms in total. The van der Waals surface area contributed by atoms with Crippen molar-refractivity contribution in [2.45, 2.75) is 26.9 Å². The van der Waals surface area contributed by atoms with Crippen molar-refractivity contribution in [3.8, 4) is 0 Å². The lowest BCUT2D eigenvalue weighted by atomic mass is 9.99. The number of nitrogens with two attached hydrogens (primary N) is 2. The molecule has 0 aliphatic heterocycles. The van der Waals surface area contributed by atoms with Gasteiger partial charge in [-0.25, -0.2) is 0 Å². The first-order valence-electron chi connectivity index (χ1n) is 4.11. The Morgan fingerprint density at radius 1 is 0.857 bits per heavy atom. The molecule has 0 saturated carbocycles. The molecular weight excluding hydrogens is 219 g/mol. The fraction of sp³-hybridized carbons (Fsp3) is 0.400. The Morgan fingerprint density at radius 3 is 1.71 bits per heavy atom. The van der Waals surface area contributed by atoms with Gasteiger partial charge in [-0.2, -0.15) is 0 Å². The van der Waals surface area contributed by atoms with Crippen LogP contribution in [0.25, 0.3) is 0 Å². The largest absolute Gasteiger partial charge is 0.312 e. The van der Waals surface area contributed by atoms with E-state index in [9.17, 15) is 0 Å². The van der Waals surface area contributed by atoms with Crippen molar-refractivity contribution in [3.63, 3.8) is 0 Å². The van der Waals surface area contributed by atoms with Gasteiger partial charge < -0.3 is 11.5 Å². The van der Waals surface area contributed by atoms with E-state index in [4.69, 9.17) is 11.5 Å². The molecule has 0 spiro atoms. The molecule has 1 aromatic carbocycles. The zero-order valence-corrected chi connectivity index (χ0v) is 10.3. The van der Waals surface area contributed by atoms with Gasteiger partial charge in [-0.15, -0.1) is 24.8 Å². The van der Waals surface area contributed by atoms with E-state index in [-0.39, 0.29) is 31.0 Å². The zero-order chi connectivity index (χ0) is 9.30. The number of rotatable bonds is 1. The lowest BCUT2D eigenvalue weighted by Crippen LogP contribution is -2.21. The standard InChI is InChI=1S/C10H16N2.2ClH/c1-6-4-8(3)9(10(11)12)5-7(6)2;;/h4-5,10H,11-12H2,1-3H3;2*1H. The van der Waals surface area contributed by atoms with Crippen LogP contribution in [0.15, 0.2) is 12.1 Å². The van der Waals surface area contributed by atoms with E-state index in [0.29, 0.717) is 0 Å². The molecular formula is C10H18Cl2N2. The molecule has 0 aliphatic carbocycles. The van der Waals surface area contributed by atoms with E-state index in [1.165, 1.54) is 16.7 Å². The quantitative estimate of drug-likeness (QED) is 0.737. The molecule has 0 saturated heterocycles. The second-order valence-corrected chi connectivity index (χ2v) is 3.32. The van der Waals surface area contributed by atoms with Crippen LogP contribution in [0.5, 0.6) is 0 Å². The second-order valence-electron chi connectivity index (χ2n) is 3.32. The Hall–Kier alpha value is -0.280. The second kappa shape index (κ2) is 6.25. The Morgan fingerprint density at radius 2 is 1.29 bits per heavy atom. The maximum absolute atomic E-state index is 5.61. The summed E-state index contributed by atoms with van der Waals surface area (Å²) in [6.45, 7) is 6.20. The number of hydrogen-bond acceptors (Lipinski definition) is 2. The minimum Gasteiger partial charge on any atom is -0.312 e. The molecule has 4 heteroatoms. The lowest BCUT2D eigenvalue weighted by molar-refractivity contribution is 0.765. The third-order valence-electron chi connectivity index (χ3n) is 2.24. The lowest BCUT2D eigenvalue weighted by Gasteiger charge is -2.12. The molecule has 0 amide bonds. The first-order chi connectivity index (χ1) is 5.52. The van der Waals surface area contributed by atoms with Gasteiger partial charge in [0.1, 0.15) is 0 Å². The van der Waals surface area contributed by atoms with Gasteiger partial charge in [-0.05, 0) is 43.0 Å². The predicted octanol–water partition coefficient (Wildman–Crippen LogP) is 2.37. The van der Waals surface area contributed by atoms with Crippen LogP contribution in [0.3, 0.4) is 0 Å². The van der Waals surface area contributed by atoms with E-state index in [0.717, 1.165) is 5.56 Å². The Balaban J connectivity index is 0. The molecule has 0 fully saturated rings. The van der Waals surface area contributed by atoms with Crippen molar-refractivity contribution in [1.82, 2.24) is 0 Å². The maximum Gasteiger partial charge on any atom is 0.0787 e. The summed E-state index contributed by atoms with van der Waals surface area (Å²) >= 11 is 0. The van der Waals surface area contributed by atoms with Crippen molar-refractivity contribution >= 4 is 24.8 Å². The summed E-state index contributed by atoms with van der Waals surface area (Å²) in [6, 6.07) is 4.19. The summed E-state index contributed by atoms with van der Waals surface area (Å²) < 4.78 is 0. The summed E-state index contributed by atoms with van der Waals surface area (Å²) in [6.07, 6.45) is -0.357. The van der Waals surface area contributed by atoms with Crippen molar-refractivity contribution in [2.24, 2.45) is 11.5 Å². The van der Waals surface area contributed by atoms with Crippen LogP contribution < -0.4 is 11.5 Å². The third kappa shape index (κ3) is 3.46. The molecule has 1 rings (SSSR count).